The fraction of sp³-hybridized carbons (Fsp3) is 0.0847. The van der Waals surface area contributed by atoms with Crippen LogP contribution in [0.5, 0.6) is 0 Å². The molecule has 0 nitrogen and oxygen atoms in total. The average molecular weight is 859 g/mol. The molecule has 0 amide bonds. The van der Waals surface area contributed by atoms with Gasteiger partial charge in [0.2, 0.25) is 0 Å². The molecule has 0 spiro atoms. The van der Waals surface area contributed by atoms with Gasteiger partial charge in [-0.1, -0.05) is 147 Å². The summed E-state index contributed by atoms with van der Waals surface area (Å²) in [5.74, 6) is 0. The van der Waals surface area contributed by atoms with E-state index in [1.54, 1.807) is 24.3 Å². The minimum atomic E-state index is -4.43. The molecule has 12 rings (SSSR count). The van der Waals surface area contributed by atoms with Crippen LogP contribution < -0.4 is 0 Å². The number of rotatable bonds is 4. The molecule has 6 heteroatoms. The molecule has 314 valence electrons. The highest BCUT2D eigenvalue weighted by Gasteiger charge is 2.36. The second kappa shape index (κ2) is 13.8. The van der Waals surface area contributed by atoms with Crippen LogP contribution in [0.25, 0.3) is 109 Å². The highest BCUT2D eigenvalue weighted by atomic mass is 19.4. The lowest BCUT2D eigenvalue weighted by molar-refractivity contribution is -0.138. The molecule has 11 aromatic rings. The average Bonchev–Trinajstić information content (AvgIpc) is 3.54. The minimum absolute atomic E-state index is 0.413. The molecule has 0 atom stereocenters. The van der Waals surface area contributed by atoms with Crippen LogP contribution >= 0.6 is 0 Å². The summed E-state index contributed by atoms with van der Waals surface area (Å²) in [4.78, 5) is 0. The second-order valence-electron chi connectivity index (χ2n) is 17.8. The van der Waals surface area contributed by atoms with Gasteiger partial charge in [-0.05, 0) is 169 Å². The lowest BCUT2D eigenvalue weighted by atomic mass is 9.78. The van der Waals surface area contributed by atoms with E-state index in [0.717, 1.165) is 123 Å². The molecular formula is C59H36F6. The molecule has 0 saturated carbocycles. The Morgan fingerprint density at radius 1 is 0.308 bits per heavy atom. The van der Waals surface area contributed by atoms with E-state index in [-0.39, 0.29) is 0 Å². The van der Waals surface area contributed by atoms with E-state index in [0.29, 0.717) is 0 Å². The van der Waals surface area contributed by atoms with Crippen molar-refractivity contribution in [3.63, 3.8) is 0 Å². The SMILES string of the molecule is CC1(C)c2cc(-c3c4ccccc4c(-c4ccc(C(F)(F)F)cc4)c4ccccc34)cc3ccc4cc(-c5c6ccccc6c(-c6ccc(C(F)(F)F)cc6)c6ccccc56)cc1c4c23. The van der Waals surface area contributed by atoms with Crippen LogP contribution in [0.2, 0.25) is 0 Å². The molecule has 0 saturated heterocycles. The van der Waals surface area contributed by atoms with Crippen molar-refractivity contribution >= 4 is 64.6 Å². The molecule has 0 aromatic heterocycles. The molecular weight excluding hydrogens is 823 g/mol. The first-order chi connectivity index (χ1) is 31.3. The van der Waals surface area contributed by atoms with E-state index in [1.807, 2.05) is 48.5 Å². The van der Waals surface area contributed by atoms with Crippen molar-refractivity contribution < 1.29 is 26.3 Å². The van der Waals surface area contributed by atoms with Crippen LogP contribution in [-0.4, -0.2) is 0 Å². The molecule has 0 fully saturated rings. The van der Waals surface area contributed by atoms with Crippen LogP contribution in [0.3, 0.4) is 0 Å². The number of fused-ring (bicyclic) bond motifs is 4. The Labute approximate surface area is 370 Å². The van der Waals surface area contributed by atoms with Gasteiger partial charge < -0.3 is 0 Å². The summed E-state index contributed by atoms with van der Waals surface area (Å²) in [6, 6.07) is 57.3. The van der Waals surface area contributed by atoms with E-state index in [1.165, 1.54) is 21.9 Å². The summed E-state index contributed by atoms with van der Waals surface area (Å²) >= 11 is 0. The van der Waals surface area contributed by atoms with Gasteiger partial charge in [-0.15, -0.1) is 0 Å². The topological polar surface area (TPSA) is 0 Å². The van der Waals surface area contributed by atoms with Gasteiger partial charge in [-0.3, -0.25) is 0 Å². The molecule has 1 aliphatic carbocycles. The van der Waals surface area contributed by atoms with Crippen molar-refractivity contribution in [3.8, 4) is 44.5 Å². The largest absolute Gasteiger partial charge is 0.416 e. The molecule has 0 aliphatic heterocycles. The summed E-state index contributed by atoms with van der Waals surface area (Å²) in [7, 11) is 0. The third-order valence-electron chi connectivity index (χ3n) is 13.8. The first-order valence-corrected chi connectivity index (χ1v) is 21.6. The van der Waals surface area contributed by atoms with Crippen LogP contribution in [-0.2, 0) is 17.8 Å². The zero-order valence-corrected chi connectivity index (χ0v) is 35.1. The first kappa shape index (κ1) is 39.2. The molecule has 65 heavy (non-hydrogen) atoms. The normalized spacial score (nSPS) is 13.7. The predicted octanol–water partition coefficient (Wildman–Crippen LogP) is 18.0. The molecule has 0 bridgehead atoms. The Hall–Kier alpha value is -7.44. The standard InChI is InChI=1S/C59H36F6/c1-57(2)49-31-37(53-45-15-7-3-11-41(45)51(42-12-4-8-16-46(42)53)33-21-25-39(26-22-33)58(60,61)62)29-35-19-20-36-30-38(32-50(57)56(36)55(35)49)54-47-17-9-5-13-43(47)52(44-14-6-10-18-48(44)54)34-23-27-40(28-24-34)59(63,64)65/h3-32H,1-2H3. The van der Waals surface area contributed by atoms with Gasteiger partial charge >= 0.3 is 12.4 Å². The van der Waals surface area contributed by atoms with Gasteiger partial charge in [0.05, 0.1) is 11.1 Å². The smallest absolute Gasteiger partial charge is 0.166 e. The first-order valence-electron chi connectivity index (χ1n) is 21.6. The minimum Gasteiger partial charge on any atom is -0.166 e. The van der Waals surface area contributed by atoms with Crippen molar-refractivity contribution in [1.82, 2.24) is 0 Å². The van der Waals surface area contributed by atoms with E-state index >= 15 is 0 Å². The quantitative estimate of drug-likeness (QED) is 0.0940. The summed E-state index contributed by atoms with van der Waals surface area (Å²) in [6.07, 6.45) is -8.86. The summed E-state index contributed by atoms with van der Waals surface area (Å²) in [5, 5.41) is 12.6. The molecule has 0 radical (unpaired) electrons. The van der Waals surface area contributed by atoms with Crippen LogP contribution in [0, 0.1) is 0 Å². The molecule has 0 unspecified atom stereocenters. The Morgan fingerprint density at radius 3 is 0.831 bits per heavy atom. The maximum absolute atomic E-state index is 13.7. The molecule has 0 heterocycles. The van der Waals surface area contributed by atoms with E-state index < -0.39 is 28.9 Å². The van der Waals surface area contributed by atoms with E-state index in [9.17, 15) is 26.3 Å². The number of halogens is 6. The van der Waals surface area contributed by atoms with Gasteiger partial charge in [0, 0.05) is 5.41 Å². The van der Waals surface area contributed by atoms with Gasteiger partial charge in [-0.25, -0.2) is 0 Å². The van der Waals surface area contributed by atoms with Gasteiger partial charge in [-0.2, -0.15) is 26.3 Å². The summed E-state index contributed by atoms with van der Waals surface area (Å²) < 4.78 is 81.9. The van der Waals surface area contributed by atoms with E-state index in [4.69, 9.17) is 0 Å². The van der Waals surface area contributed by atoms with Gasteiger partial charge in [0.1, 0.15) is 0 Å². The highest BCUT2D eigenvalue weighted by Crippen LogP contribution is 2.54. The monoisotopic (exact) mass is 858 g/mol. The van der Waals surface area contributed by atoms with Gasteiger partial charge in [0.25, 0.3) is 0 Å². The number of hydrogen-bond acceptors (Lipinski definition) is 0. The van der Waals surface area contributed by atoms with Crippen molar-refractivity contribution in [1.29, 1.82) is 0 Å². The lowest BCUT2D eigenvalue weighted by Gasteiger charge is -2.25. The highest BCUT2D eigenvalue weighted by molar-refractivity contribution is 6.25. The van der Waals surface area contributed by atoms with Crippen LogP contribution in [0.4, 0.5) is 26.3 Å². The Balaban J connectivity index is 1.05. The summed E-state index contributed by atoms with van der Waals surface area (Å²) in [6.45, 7) is 4.58. The number of alkyl halides is 6. The van der Waals surface area contributed by atoms with Gasteiger partial charge in [0.15, 0.2) is 0 Å². The van der Waals surface area contributed by atoms with Crippen LogP contribution in [0.1, 0.15) is 36.1 Å². The lowest BCUT2D eigenvalue weighted by Crippen LogP contribution is -2.15. The van der Waals surface area contributed by atoms with Crippen molar-refractivity contribution in [3.05, 3.63) is 204 Å². The summed E-state index contributed by atoms with van der Waals surface area (Å²) in [5.41, 5.74) is 8.18. The second-order valence-corrected chi connectivity index (χ2v) is 17.8. The van der Waals surface area contributed by atoms with Crippen molar-refractivity contribution in [2.75, 3.05) is 0 Å². The fourth-order valence-electron chi connectivity index (χ4n) is 10.9. The molecule has 1 aliphatic rings. The molecule has 0 N–H and O–H groups in total. The zero-order valence-electron chi connectivity index (χ0n) is 35.1. The number of hydrogen-bond donors (Lipinski definition) is 0. The maximum atomic E-state index is 13.7. The fourth-order valence-corrected chi connectivity index (χ4v) is 10.9. The Bertz CT molecular complexity index is 3430. The van der Waals surface area contributed by atoms with Crippen molar-refractivity contribution in [2.45, 2.75) is 31.6 Å². The van der Waals surface area contributed by atoms with Crippen LogP contribution in [0.15, 0.2) is 182 Å². The predicted molar refractivity (Wildman–Crippen MR) is 255 cm³/mol. The zero-order chi connectivity index (χ0) is 44.6. The Morgan fingerprint density at radius 2 is 0.569 bits per heavy atom. The van der Waals surface area contributed by atoms with Crippen molar-refractivity contribution in [2.24, 2.45) is 0 Å². The number of benzene rings is 11. The third-order valence-corrected chi connectivity index (χ3v) is 13.8. The Kier molecular flexibility index (Phi) is 8.31. The van der Waals surface area contributed by atoms with E-state index in [2.05, 4.69) is 98.8 Å². The maximum Gasteiger partial charge on any atom is 0.416 e. The molecule has 11 aromatic carbocycles. The third kappa shape index (κ3) is 5.86.